The minimum atomic E-state index is 0. The van der Waals surface area contributed by atoms with Gasteiger partial charge < -0.3 is 28.9 Å². The highest BCUT2D eigenvalue weighted by molar-refractivity contribution is 5.68. The van der Waals surface area contributed by atoms with Gasteiger partial charge in [0, 0.05) is 44.2 Å². The van der Waals surface area contributed by atoms with Crippen molar-refractivity contribution < 1.29 is 28.5 Å². The summed E-state index contributed by atoms with van der Waals surface area (Å²) in [6, 6.07) is 4.12. The molecule has 0 saturated carbocycles. The molecular weight excluding hydrogens is 351 g/mol. The molecule has 0 aliphatic carbocycles. The van der Waals surface area contributed by atoms with Crippen molar-refractivity contribution in [3.63, 3.8) is 0 Å². The fraction of sp³-hybridized carbons (Fsp3) is 0.214. The minimum Gasteiger partial charge on any atom is -1.00 e. The maximum absolute atomic E-state index is 4.26. The highest BCUT2D eigenvalue weighted by atomic mass is 127. The monoisotopic (exact) mass is 368 g/mol. The van der Waals surface area contributed by atoms with Crippen LogP contribution >= 0.6 is 0 Å². The van der Waals surface area contributed by atoms with E-state index in [2.05, 4.69) is 22.1 Å². The maximum Gasteiger partial charge on any atom is 0.224 e. The van der Waals surface area contributed by atoms with Crippen molar-refractivity contribution in [1.29, 1.82) is 0 Å². The molecule has 0 bridgehead atoms. The molecule has 0 aliphatic heterocycles. The van der Waals surface area contributed by atoms with Crippen LogP contribution in [0.25, 0.3) is 12.2 Å². The topological polar surface area (TPSA) is 32.9 Å². The molecule has 2 rings (SSSR count). The van der Waals surface area contributed by atoms with Crippen LogP contribution in [0.4, 0.5) is 5.95 Å². The van der Waals surface area contributed by atoms with E-state index in [-0.39, 0.29) is 24.0 Å². The van der Waals surface area contributed by atoms with E-state index in [9.17, 15) is 0 Å². The van der Waals surface area contributed by atoms with Crippen LogP contribution < -0.4 is 33.4 Å². The van der Waals surface area contributed by atoms with Crippen molar-refractivity contribution in [2.24, 2.45) is 7.05 Å². The second-order valence-corrected chi connectivity index (χ2v) is 4.34. The predicted molar refractivity (Wildman–Crippen MR) is 72.9 cm³/mol. The number of nitrogens with zero attached hydrogens (tertiary/aromatic N) is 4. The lowest BCUT2D eigenvalue weighted by Crippen LogP contribution is -3.00. The molecule has 4 nitrogen and oxygen atoms in total. The molecule has 0 fully saturated rings. The molecule has 19 heavy (non-hydrogen) atoms. The van der Waals surface area contributed by atoms with Crippen molar-refractivity contribution in [3.8, 4) is 0 Å². The lowest BCUT2D eigenvalue weighted by molar-refractivity contribution is -0.671. The Kier molecular flexibility index (Phi) is 5.88. The van der Waals surface area contributed by atoms with Crippen molar-refractivity contribution in [2.45, 2.75) is 0 Å². The largest absolute Gasteiger partial charge is 1.00 e. The SMILES string of the molecule is CN(C)c1ncc(/C=C/c2cc[n+](C)cc2)cn1.[I-]. The second kappa shape index (κ2) is 7.18. The van der Waals surface area contributed by atoms with E-state index in [1.807, 2.05) is 67.5 Å². The van der Waals surface area contributed by atoms with Gasteiger partial charge in [-0.2, -0.15) is 0 Å². The van der Waals surface area contributed by atoms with Crippen molar-refractivity contribution in [2.75, 3.05) is 19.0 Å². The van der Waals surface area contributed by atoms with E-state index in [0.717, 1.165) is 17.1 Å². The first kappa shape index (κ1) is 15.6. The summed E-state index contributed by atoms with van der Waals surface area (Å²) < 4.78 is 2.01. The van der Waals surface area contributed by atoms with E-state index >= 15 is 0 Å². The Morgan fingerprint density at radius 1 is 1.00 bits per heavy atom. The molecule has 0 amide bonds. The highest BCUT2D eigenvalue weighted by Gasteiger charge is 1.97. The lowest BCUT2D eigenvalue weighted by atomic mass is 10.2. The minimum absolute atomic E-state index is 0. The Morgan fingerprint density at radius 3 is 2.05 bits per heavy atom. The Balaban J connectivity index is 0.00000180. The molecule has 100 valence electrons. The maximum atomic E-state index is 4.26. The number of pyridine rings is 1. The Morgan fingerprint density at radius 2 is 1.53 bits per heavy atom. The number of hydrogen-bond acceptors (Lipinski definition) is 3. The van der Waals surface area contributed by atoms with Crippen LogP contribution in [0, 0.1) is 0 Å². The number of anilines is 1. The third-order valence-electron chi connectivity index (χ3n) is 2.53. The average Bonchev–Trinajstić information content (AvgIpc) is 2.38. The van der Waals surface area contributed by atoms with Crippen LogP contribution in [0.5, 0.6) is 0 Å². The molecule has 0 spiro atoms. The quantitative estimate of drug-likeness (QED) is 0.491. The average molecular weight is 368 g/mol. The van der Waals surface area contributed by atoms with Crippen LogP contribution in [0.15, 0.2) is 36.9 Å². The molecule has 2 heterocycles. The van der Waals surface area contributed by atoms with Crippen LogP contribution in [0.2, 0.25) is 0 Å². The molecule has 0 saturated heterocycles. The number of aryl methyl sites for hydroxylation is 1. The van der Waals surface area contributed by atoms with Gasteiger partial charge in [-0.05, 0) is 5.56 Å². The zero-order valence-corrected chi connectivity index (χ0v) is 13.4. The normalized spacial score (nSPS) is 10.3. The molecule has 0 radical (unpaired) electrons. The van der Waals surface area contributed by atoms with Gasteiger partial charge in [-0.3, -0.25) is 0 Å². The molecule has 0 aliphatic rings. The zero-order valence-electron chi connectivity index (χ0n) is 11.3. The van der Waals surface area contributed by atoms with Crippen LogP contribution in [0.1, 0.15) is 11.1 Å². The summed E-state index contributed by atoms with van der Waals surface area (Å²) in [6.45, 7) is 0. The number of rotatable bonds is 3. The second-order valence-electron chi connectivity index (χ2n) is 4.34. The molecule has 0 atom stereocenters. The van der Waals surface area contributed by atoms with Crippen LogP contribution in [-0.4, -0.2) is 24.1 Å². The first-order valence-electron chi connectivity index (χ1n) is 5.78. The van der Waals surface area contributed by atoms with Gasteiger partial charge in [0.25, 0.3) is 0 Å². The fourth-order valence-electron chi connectivity index (χ4n) is 1.46. The van der Waals surface area contributed by atoms with Gasteiger partial charge in [0.15, 0.2) is 12.4 Å². The first-order valence-corrected chi connectivity index (χ1v) is 5.78. The predicted octanol–water partition coefficient (Wildman–Crippen LogP) is -1.46. The van der Waals surface area contributed by atoms with Gasteiger partial charge >= 0.3 is 0 Å². The van der Waals surface area contributed by atoms with E-state index in [0.29, 0.717) is 0 Å². The van der Waals surface area contributed by atoms with Crippen LogP contribution in [-0.2, 0) is 7.05 Å². The molecule has 0 aromatic carbocycles. The summed E-state index contributed by atoms with van der Waals surface area (Å²) in [5.41, 5.74) is 2.15. The first-order chi connectivity index (χ1) is 8.65. The summed E-state index contributed by atoms with van der Waals surface area (Å²) in [4.78, 5) is 10.4. The van der Waals surface area contributed by atoms with Crippen molar-refractivity contribution in [3.05, 3.63) is 48.0 Å². The standard InChI is InChI=1S/C14H17N4.HI/c1-17(2)14-15-10-13(11-16-14)5-4-12-6-8-18(3)9-7-12;/h4-11H,1-3H3;1H/q+1;/p-1. The number of halogens is 1. The van der Waals surface area contributed by atoms with E-state index in [1.54, 1.807) is 0 Å². The lowest BCUT2D eigenvalue weighted by Gasteiger charge is -2.08. The molecule has 2 aromatic heterocycles. The molecule has 0 N–H and O–H groups in total. The molecule has 0 unspecified atom stereocenters. The Bertz CT molecular complexity index is 532. The molecule has 5 heteroatoms. The molecule has 2 aromatic rings. The van der Waals surface area contributed by atoms with Gasteiger partial charge in [0.05, 0.1) is 0 Å². The molecular formula is C14H17IN4. The van der Waals surface area contributed by atoms with Gasteiger partial charge in [-0.15, -0.1) is 0 Å². The number of hydrogen-bond donors (Lipinski definition) is 0. The fourth-order valence-corrected chi connectivity index (χ4v) is 1.46. The van der Waals surface area contributed by atoms with Gasteiger partial charge in [-0.1, -0.05) is 12.2 Å². The smallest absolute Gasteiger partial charge is 0.224 e. The van der Waals surface area contributed by atoms with Gasteiger partial charge in [-0.25, -0.2) is 14.5 Å². The summed E-state index contributed by atoms with van der Waals surface area (Å²) >= 11 is 0. The Hall–Kier alpha value is -1.50. The highest BCUT2D eigenvalue weighted by Crippen LogP contribution is 2.07. The van der Waals surface area contributed by atoms with E-state index < -0.39 is 0 Å². The zero-order chi connectivity index (χ0) is 13.0. The summed E-state index contributed by atoms with van der Waals surface area (Å²) in [5, 5.41) is 0. The Labute approximate surface area is 130 Å². The summed E-state index contributed by atoms with van der Waals surface area (Å²) in [7, 11) is 5.85. The van der Waals surface area contributed by atoms with Gasteiger partial charge in [0.1, 0.15) is 7.05 Å². The van der Waals surface area contributed by atoms with Crippen LogP contribution in [0.3, 0.4) is 0 Å². The number of aromatic nitrogens is 3. The summed E-state index contributed by atoms with van der Waals surface area (Å²) in [5.74, 6) is 0.721. The third-order valence-corrected chi connectivity index (χ3v) is 2.53. The third kappa shape index (κ3) is 4.59. The van der Waals surface area contributed by atoms with Gasteiger partial charge in [0.2, 0.25) is 5.95 Å². The summed E-state index contributed by atoms with van der Waals surface area (Å²) in [6.07, 6.45) is 11.7. The van der Waals surface area contributed by atoms with E-state index in [4.69, 9.17) is 0 Å². The van der Waals surface area contributed by atoms with Crippen molar-refractivity contribution >= 4 is 18.1 Å². The van der Waals surface area contributed by atoms with Crippen molar-refractivity contribution in [1.82, 2.24) is 9.97 Å². The van der Waals surface area contributed by atoms with E-state index in [1.165, 1.54) is 0 Å².